The van der Waals surface area contributed by atoms with Crippen LogP contribution in [-0.4, -0.2) is 40.4 Å². The Hall–Kier alpha value is -3.22. The van der Waals surface area contributed by atoms with Crippen molar-refractivity contribution in [3.63, 3.8) is 0 Å². The molecule has 162 valence electrons. The molecule has 2 aromatic rings. The zero-order chi connectivity index (χ0) is 22.1. The highest BCUT2D eigenvalue weighted by atomic mass is 19.1. The Morgan fingerprint density at radius 2 is 1.77 bits per heavy atom. The van der Waals surface area contributed by atoms with E-state index in [2.05, 4.69) is 0 Å². The van der Waals surface area contributed by atoms with Gasteiger partial charge in [0.05, 0.1) is 12.5 Å². The van der Waals surface area contributed by atoms with Crippen LogP contribution < -0.4 is 4.90 Å². The normalized spacial score (nSPS) is 21.5. The zero-order valence-corrected chi connectivity index (χ0v) is 17.3. The molecular weight excluding hydrogens is 399 g/mol. The summed E-state index contributed by atoms with van der Waals surface area (Å²) in [4.78, 5) is 40.8. The molecular formula is C24H25FN2O4. The summed E-state index contributed by atoms with van der Waals surface area (Å²) in [6.07, 6.45) is 1.45. The number of hydrogen-bond donors (Lipinski definition) is 1. The van der Waals surface area contributed by atoms with Crippen molar-refractivity contribution in [1.29, 1.82) is 0 Å². The molecule has 0 saturated heterocycles. The minimum absolute atomic E-state index is 0.0442. The predicted molar refractivity (Wildman–Crippen MR) is 113 cm³/mol. The molecule has 0 radical (unpaired) electrons. The molecule has 1 fully saturated rings. The lowest BCUT2D eigenvalue weighted by molar-refractivity contribution is -0.142. The van der Waals surface area contributed by atoms with Crippen molar-refractivity contribution in [2.45, 2.75) is 44.7 Å². The van der Waals surface area contributed by atoms with Crippen molar-refractivity contribution in [3.05, 3.63) is 65.5 Å². The summed E-state index contributed by atoms with van der Waals surface area (Å²) < 4.78 is 13.3. The van der Waals surface area contributed by atoms with Gasteiger partial charge in [0.1, 0.15) is 5.82 Å². The van der Waals surface area contributed by atoms with Gasteiger partial charge in [-0.05, 0) is 55.7 Å². The molecule has 0 spiro atoms. The third kappa shape index (κ3) is 3.80. The molecule has 1 saturated carbocycles. The van der Waals surface area contributed by atoms with Gasteiger partial charge in [-0.15, -0.1) is 0 Å². The molecule has 1 N–H and O–H groups in total. The number of carbonyl (C=O) groups excluding carboxylic acids is 2. The minimum atomic E-state index is -0.994. The van der Waals surface area contributed by atoms with Crippen LogP contribution in [0.2, 0.25) is 0 Å². The van der Waals surface area contributed by atoms with Crippen LogP contribution >= 0.6 is 0 Å². The van der Waals surface area contributed by atoms with Crippen LogP contribution in [0.1, 0.15) is 54.6 Å². The molecule has 0 aromatic heterocycles. The highest BCUT2D eigenvalue weighted by molar-refractivity contribution is 6.07. The number of fused-ring (bicyclic) bond motifs is 2. The van der Waals surface area contributed by atoms with E-state index < -0.39 is 11.8 Å². The molecule has 31 heavy (non-hydrogen) atoms. The molecule has 1 heterocycles. The standard InChI is InChI=1S/C24H25FN2O4/c1-2-26(21(28)13-14-22(29)30)23-17-5-3-4-6-19(17)27(20-12-11-18(20)23)24(31)15-7-9-16(25)10-8-15/h3-10,18,20,23H,2,11-14H2,1H3,(H,29,30). The molecule has 2 aliphatic rings. The van der Waals surface area contributed by atoms with Gasteiger partial charge in [-0.25, -0.2) is 4.39 Å². The maximum absolute atomic E-state index is 13.4. The quantitative estimate of drug-likeness (QED) is 0.760. The summed E-state index contributed by atoms with van der Waals surface area (Å²) in [5.74, 6) is -1.68. The summed E-state index contributed by atoms with van der Waals surface area (Å²) in [6.45, 7) is 2.36. The number of hydrogen-bond acceptors (Lipinski definition) is 3. The molecule has 3 atom stereocenters. The van der Waals surface area contributed by atoms with Gasteiger partial charge in [0.15, 0.2) is 0 Å². The summed E-state index contributed by atoms with van der Waals surface area (Å²) in [5, 5.41) is 8.97. The van der Waals surface area contributed by atoms with Crippen LogP contribution in [0.4, 0.5) is 10.1 Å². The number of carboxylic acid groups (broad SMARTS) is 1. The molecule has 1 aliphatic carbocycles. The Bertz CT molecular complexity index is 1010. The number of anilines is 1. The molecule has 7 heteroatoms. The van der Waals surface area contributed by atoms with Crippen molar-refractivity contribution in [1.82, 2.24) is 4.90 Å². The number of amides is 2. The number of para-hydroxylation sites is 1. The number of nitrogens with zero attached hydrogens (tertiary/aromatic N) is 2. The number of benzene rings is 2. The largest absolute Gasteiger partial charge is 0.481 e. The fourth-order valence-corrected chi connectivity index (χ4v) is 4.84. The van der Waals surface area contributed by atoms with Crippen molar-refractivity contribution in [2.24, 2.45) is 5.92 Å². The van der Waals surface area contributed by atoms with Gasteiger partial charge in [-0.1, -0.05) is 18.2 Å². The number of halogens is 1. The first-order valence-electron chi connectivity index (χ1n) is 10.6. The Morgan fingerprint density at radius 3 is 2.39 bits per heavy atom. The number of aliphatic carboxylic acids is 1. The van der Waals surface area contributed by atoms with Crippen molar-refractivity contribution >= 4 is 23.5 Å². The van der Waals surface area contributed by atoms with Crippen molar-refractivity contribution < 1.29 is 23.9 Å². The molecule has 1 aliphatic heterocycles. The van der Waals surface area contributed by atoms with E-state index in [1.54, 1.807) is 9.80 Å². The van der Waals surface area contributed by atoms with Gasteiger partial charge in [-0.2, -0.15) is 0 Å². The van der Waals surface area contributed by atoms with E-state index >= 15 is 0 Å². The number of carboxylic acids is 1. The van der Waals surface area contributed by atoms with Gasteiger partial charge >= 0.3 is 5.97 Å². The van der Waals surface area contributed by atoms with Crippen molar-refractivity contribution in [3.8, 4) is 0 Å². The lowest BCUT2D eigenvalue weighted by Crippen LogP contribution is -2.58. The van der Waals surface area contributed by atoms with E-state index in [0.29, 0.717) is 12.1 Å². The lowest BCUT2D eigenvalue weighted by atomic mass is 9.67. The van der Waals surface area contributed by atoms with E-state index in [1.165, 1.54) is 24.3 Å². The summed E-state index contributed by atoms with van der Waals surface area (Å²) in [6, 6.07) is 12.9. The summed E-state index contributed by atoms with van der Waals surface area (Å²) >= 11 is 0. The van der Waals surface area contributed by atoms with Gasteiger partial charge in [0.2, 0.25) is 5.91 Å². The van der Waals surface area contributed by atoms with Crippen LogP contribution in [0.5, 0.6) is 0 Å². The first-order chi connectivity index (χ1) is 14.9. The van der Waals surface area contributed by atoms with Crippen LogP contribution in [0, 0.1) is 11.7 Å². The molecule has 4 rings (SSSR count). The molecule has 0 bridgehead atoms. The van der Waals surface area contributed by atoms with Gasteiger partial charge in [-0.3, -0.25) is 14.4 Å². The first kappa shape index (κ1) is 21.0. The summed E-state index contributed by atoms with van der Waals surface area (Å²) in [7, 11) is 0. The maximum Gasteiger partial charge on any atom is 0.303 e. The molecule has 2 aromatic carbocycles. The third-order valence-electron chi connectivity index (χ3n) is 6.40. The predicted octanol–water partition coefficient (Wildman–Crippen LogP) is 4.02. The fraction of sp³-hybridized carbons (Fsp3) is 0.375. The molecule has 3 unspecified atom stereocenters. The smallest absolute Gasteiger partial charge is 0.303 e. The van der Waals surface area contributed by atoms with Crippen LogP contribution in [-0.2, 0) is 9.59 Å². The average Bonchev–Trinajstić information content (AvgIpc) is 2.74. The van der Waals surface area contributed by atoms with E-state index in [4.69, 9.17) is 5.11 Å². The Morgan fingerprint density at radius 1 is 1.06 bits per heavy atom. The average molecular weight is 424 g/mol. The van der Waals surface area contributed by atoms with E-state index in [1.807, 2.05) is 31.2 Å². The SMILES string of the molecule is CCN(C(=O)CCC(=O)O)C1c2ccccc2N(C(=O)c2ccc(F)cc2)C2CCC12. The van der Waals surface area contributed by atoms with Crippen molar-refractivity contribution in [2.75, 3.05) is 11.4 Å². The second-order valence-electron chi connectivity index (χ2n) is 8.07. The van der Waals surface area contributed by atoms with E-state index in [0.717, 1.165) is 24.1 Å². The van der Waals surface area contributed by atoms with Crippen LogP contribution in [0.3, 0.4) is 0 Å². The topological polar surface area (TPSA) is 77.9 Å². The third-order valence-corrected chi connectivity index (χ3v) is 6.40. The first-order valence-corrected chi connectivity index (χ1v) is 10.6. The number of carbonyl (C=O) groups is 3. The lowest BCUT2D eigenvalue weighted by Gasteiger charge is -2.55. The van der Waals surface area contributed by atoms with Crippen LogP contribution in [0.25, 0.3) is 0 Å². The highest BCUT2D eigenvalue weighted by Gasteiger charge is 2.50. The molecule has 2 amide bonds. The maximum atomic E-state index is 13.4. The van der Waals surface area contributed by atoms with E-state index in [9.17, 15) is 18.8 Å². The highest BCUT2D eigenvalue weighted by Crippen LogP contribution is 2.52. The van der Waals surface area contributed by atoms with E-state index in [-0.39, 0.29) is 42.7 Å². The Balaban J connectivity index is 1.71. The fourth-order valence-electron chi connectivity index (χ4n) is 4.84. The minimum Gasteiger partial charge on any atom is -0.481 e. The van der Waals surface area contributed by atoms with Gasteiger partial charge < -0.3 is 14.9 Å². The second-order valence-corrected chi connectivity index (χ2v) is 8.07. The molecule has 6 nitrogen and oxygen atoms in total. The zero-order valence-electron chi connectivity index (χ0n) is 17.3. The monoisotopic (exact) mass is 424 g/mol. The number of rotatable bonds is 6. The Labute approximate surface area is 180 Å². The van der Waals surface area contributed by atoms with Gasteiger partial charge in [0.25, 0.3) is 5.91 Å². The Kier molecular flexibility index (Phi) is 5.76. The second kappa shape index (κ2) is 8.49. The van der Waals surface area contributed by atoms with Crippen LogP contribution in [0.15, 0.2) is 48.5 Å². The summed E-state index contributed by atoms with van der Waals surface area (Å²) in [5.41, 5.74) is 2.07. The van der Waals surface area contributed by atoms with Gasteiger partial charge in [0, 0.05) is 36.2 Å².